The normalized spacial score (nSPS) is 15.2. The molecule has 1 aliphatic rings. The molecule has 1 N–H and O–H groups in total. The van der Waals surface area contributed by atoms with E-state index < -0.39 is 20.9 Å². The predicted molar refractivity (Wildman–Crippen MR) is 108 cm³/mol. The van der Waals surface area contributed by atoms with Gasteiger partial charge in [0.2, 0.25) is 10.0 Å². The van der Waals surface area contributed by atoms with Gasteiger partial charge in [0.25, 0.3) is 11.6 Å². The zero-order chi connectivity index (χ0) is 20.3. The number of nitrogens with one attached hydrogen (secondary N) is 1. The Hall–Kier alpha value is -2.30. The molecular weight excluding hydrogens is 450 g/mol. The topological polar surface area (TPSA) is 110 Å². The highest BCUT2D eigenvalue weighted by atomic mass is 79.9. The number of nitrogens with zero attached hydrogens (tertiary/aromatic N) is 2. The lowest BCUT2D eigenvalue weighted by Gasteiger charge is -2.26. The zero-order valence-corrected chi connectivity index (χ0v) is 17.2. The first kappa shape index (κ1) is 20.4. The van der Waals surface area contributed by atoms with Crippen molar-refractivity contribution in [3.05, 3.63) is 62.6 Å². The predicted octanol–water partition coefficient (Wildman–Crippen LogP) is 3.78. The van der Waals surface area contributed by atoms with Gasteiger partial charge in [0.15, 0.2) is 0 Å². The van der Waals surface area contributed by atoms with Crippen molar-refractivity contribution in [2.75, 3.05) is 18.4 Å². The Morgan fingerprint density at radius 1 is 1.11 bits per heavy atom. The quantitative estimate of drug-likeness (QED) is 0.531. The van der Waals surface area contributed by atoms with Crippen LogP contribution in [0, 0.1) is 10.1 Å². The van der Waals surface area contributed by atoms with Gasteiger partial charge in [-0.25, -0.2) is 8.42 Å². The molecule has 1 heterocycles. The van der Waals surface area contributed by atoms with Crippen molar-refractivity contribution in [1.29, 1.82) is 0 Å². The van der Waals surface area contributed by atoms with E-state index >= 15 is 0 Å². The Morgan fingerprint density at radius 2 is 1.82 bits per heavy atom. The zero-order valence-electron chi connectivity index (χ0n) is 14.8. The Kier molecular flexibility index (Phi) is 6.11. The SMILES string of the molecule is O=C(Nc1cccc([N+](=O)[O-])c1)c1ccc(Br)c(S(=O)(=O)N2CCCCC2)c1. The van der Waals surface area contributed by atoms with Crippen molar-refractivity contribution in [3.63, 3.8) is 0 Å². The Bertz CT molecular complexity index is 1020. The number of benzene rings is 2. The van der Waals surface area contributed by atoms with Crippen LogP contribution in [-0.4, -0.2) is 36.6 Å². The van der Waals surface area contributed by atoms with E-state index in [0.29, 0.717) is 17.6 Å². The maximum Gasteiger partial charge on any atom is 0.271 e. The first-order valence-electron chi connectivity index (χ1n) is 8.64. The molecule has 1 fully saturated rings. The molecular formula is C18H18BrN3O5S. The number of hydrogen-bond acceptors (Lipinski definition) is 5. The summed E-state index contributed by atoms with van der Waals surface area (Å²) in [5.41, 5.74) is 0.245. The number of rotatable bonds is 5. The van der Waals surface area contributed by atoms with Gasteiger partial charge in [-0.15, -0.1) is 0 Å². The van der Waals surface area contributed by atoms with Crippen molar-refractivity contribution < 1.29 is 18.1 Å². The number of halogens is 1. The van der Waals surface area contributed by atoms with Crippen LogP contribution in [0.15, 0.2) is 51.8 Å². The fourth-order valence-corrected chi connectivity index (χ4v) is 5.45. The lowest BCUT2D eigenvalue weighted by Crippen LogP contribution is -2.35. The summed E-state index contributed by atoms with van der Waals surface area (Å²) in [5.74, 6) is -0.553. The first-order chi connectivity index (χ1) is 13.3. The Labute approximate surface area is 170 Å². The maximum absolute atomic E-state index is 13.0. The molecule has 0 spiro atoms. The molecule has 2 aromatic carbocycles. The molecule has 0 unspecified atom stereocenters. The second kappa shape index (κ2) is 8.38. The van der Waals surface area contributed by atoms with Gasteiger partial charge in [-0.1, -0.05) is 12.5 Å². The van der Waals surface area contributed by atoms with E-state index in [4.69, 9.17) is 0 Å². The van der Waals surface area contributed by atoms with E-state index in [0.717, 1.165) is 19.3 Å². The second-order valence-corrected chi connectivity index (χ2v) is 9.13. The Balaban J connectivity index is 1.87. The van der Waals surface area contributed by atoms with Gasteiger partial charge in [0.1, 0.15) is 0 Å². The highest BCUT2D eigenvalue weighted by Crippen LogP contribution is 2.28. The molecule has 10 heteroatoms. The van der Waals surface area contributed by atoms with E-state index in [2.05, 4.69) is 21.2 Å². The van der Waals surface area contributed by atoms with E-state index in [1.807, 2.05) is 0 Å². The number of carbonyl (C=O) groups is 1. The molecule has 148 valence electrons. The van der Waals surface area contributed by atoms with Crippen molar-refractivity contribution in [2.24, 2.45) is 0 Å². The average Bonchev–Trinajstić information content (AvgIpc) is 2.69. The molecule has 28 heavy (non-hydrogen) atoms. The molecule has 2 aromatic rings. The number of anilines is 1. The fraction of sp³-hybridized carbons (Fsp3) is 0.278. The highest BCUT2D eigenvalue weighted by molar-refractivity contribution is 9.10. The summed E-state index contributed by atoms with van der Waals surface area (Å²) < 4.78 is 27.7. The van der Waals surface area contributed by atoms with Crippen LogP contribution in [0.4, 0.5) is 11.4 Å². The van der Waals surface area contributed by atoms with E-state index in [-0.39, 0.29) is 21.8 Å². The number of hydrogen-bond donors (Lipinski definition) is 1. The smallest absolute Gasteiger partial charge is 0.271 e. The monoisotopic (exact) mass is 467 g/mol. The van der Waals surface area contributed by atoms with Crippen LogP contribution >= 0.6 is 15.9 Å². The molecule has 0 saturated carbocycles. The molecule has 0 aliphatic carbocycles. The van der Waals surface area contributed by atoms with E-state index in [1.54, 1.807) is 0 Å². The summed E-state index contributed by atoms with van der Waals surface area (Å²) in [5, 5.41) is 13.4. The summed E-state index contributed by atoms with van der Waals surface area (Å²) in [7, 11) is -3.72. The number of amides is 1. The van der Waals surface area contributed by atoms with Crippen LogP contribution in [0.5, 0.6) is 0 Å². The molecule has 8 nitrogen and oxygen atoms in total. The standard InChI is InChI=1S/C18H18BrN3O5S/c19-16-8-7-13(11-17(16)28(26,27)21-9-2-1-3-10-21)18(23)20-14-5-4-6-15(12-14)22(24)25/h4-8,11-12H,1-3,9-10H2,(H,20,23). The van der Waals surface area contributed by atoms with Crippen LogP contribution in [-0.2, 0) is 10.0 Å². The number of carbonyl (C=O) groups excluding carboxylic acids is 1. The van der Waals surface area contributed by atoms with Crippen LogP contribution in [0.2, 0.25) is 0 Å². The lowest BCUT2D eigenvalue weighted by atomic mass is 10.2. The number of non-ortho nitro benzene ring substituents is 1. The van der Waals surface area contributed by atoms with Crippen molar-refractivity contribution >= 4 is 43.2 Å². The molecule has 0 aromatic heterocycles. The van der Waals surface area contributed by atoms with Gasteiger partial charge < -0.3 is 5.32 Å². The van der Waals surface area contributed by atoms with Gasteiger partial charge in [-0.3, -0.25) is 14.9 Å². The van der Waals surface area contributed by atoms with E-state index in [9.17, 15) is 23.3 Å². The lowest BCUT2D eigenvalue weighted by molar-refractivity contribution is -0.384. The number of sulfonamides is 1. The number of nitro groups is 1. The molecule has 3 rings (SSSR count). The maximum atomic E-state index is 13.0. The van der Waals surface area contributed by atoms with Gasteiger partial charge in [0, 0.05) is 40.9 Å². The second-order valence-electron chi connectivity index (χ2n) is 6.37. The van der Waals surface area contributed by atoms with Crippen molar-refractivity contribution in [2.45, 2.75) is 24.2 Å². The van der Waals surface area contributed by atoms with Crippen LogP contribution in [0.3, 0.4) is 0 Å². The minimum absolute atomic E-state index is 0.0288. The van der Waals surface area contributed by atoms with Gasteiger partial charge in [0.05, 0.1) is 9.82 Å². The largest absolute Gasteiger partial charge is 0.322 e. The molecule has 1 saturated heterocycles. The molecule has 1 aliphatic heterocycles. The molecule has 1 amide bonds. The highest BCUT2D eigenvalue weighted by Gasteiger charge is 2.28. The first-order valence-corrected chi connectivity index (χ1v) is 10.9. The third-order valence-corrected chi connectivity index (χ3v) is 7.33. The summed E-state index contributed by atoms with van der Waals surface area (Å²) in [4.78, 5) is 22.9. The fourth-order valence-electron chi connectivity index (χ4n) is 2.99. The third kappa shape index (κ3) is 4.40. The average molecular weight is 468 g/mol. The molecule has 0 bridgehead atoms. The molecule has 0 atom stereocenters. The minimum Gasteiger partial charge on any atom is -0.322 e. The van der Waals surface area contributed by atoms with Crippen molar-refractivity contribution in [1.82, 2.24) is 4.31 Å². The van der Waals surface area contributed by atoms with Crippen LogP contribution in [0.1, 0.15) is 29.6 Å². The number of nitro benzene ring substituents is 1. The number of piperidine rings is 1. The molecule has 0 radical (unpaired) electrons. The summed E-state index contributed by atoms with van der Waals surface area (Å²) in [6, 6.07) is 9.86. The van der Waals surface area contributed by atoms with Crippen molar-refractivity contribution in [3.8, 4) is 0 Å². The minimum atomic E-state index is -3.72. The summed E-state index contributed by atoms with van der Waals surface area (Å²) in [6.07, 6.45) is 2.62. The van der Waals surface area contributed by atoms with Gasteiger partial charge >= 0.3 is 0 Å². The third-order valence-electron chi connectivity index (χ3n) is 4.44. The van der Waals surface area contributed by atoms with Crippen LogP contribution < -0.4 is 5.32 Å². The summed E-state index contributed by atoms with van der Waals surface area (Å²) in [6.45, 7) is 0.914. The van der Waals surface area contributed by atoms with E-state index in [1.165, 1.54) is 46.8 Å². The van der Waals surface area contributed by atoms with Gasteiger partial charge in [-0.05, 0) is 53.0 Å². The van der Waals surface area contributed by atoms with Crippen LogP contribution in [0.25, 0.3) is 0 Å². The Morgan fingerprint density at radius 3 is 2.50 bits per heavy atom. The summed E-state index contributed by atoms with van der Waals surface area (Å²) >= 11 is 3.26. The van der Waals surface area contributed by atoms with Gasteiger partial charge in [-0.2, -0.15) is 4.31 Å².